The summed E-state index contributed by atoms with van der Waals surface area (Å²) in [4.78, 5) is 10.8. The third-order valence-corrected chi connectivity index (χ3v) is 5.22. The van der Waals surface area contributed by atoms with Gasteiger partial charge in [-0.15, -0.1) is 0 Å². The number of aryl methyl sites for hydroxylation is 1. The summed E-state index contributed by atoms with van der Waals surface area (Å²) in [6.07, 6.45) is 2.51. The number of nitrogens with zero attached hydrogens (tertiary/aromatic N) is 3. The summed E-state index contributed by atoms with van der Waals surface area (Å²) in [6, 6.07) is 3.59. The number of aromatic nitrogens is 2. The zero-order valence-electron chi connectivity index (χ0n) is 16.9. The minimum atomic E-state index is -0.555. The fraction of sp³-hybridized carbons (Fsp3) is 0.429. The summed E-state index contributed by atoms with van der Waals surface area (Å²) in [5.74, 6) is 1.15. The summed E-state index contributed by atoms with van der Waals surface area (Å²) in [7, 11) is 3.71. The van der Waals surface area contributed by atoms with Gasteiger partial charge in [-0.3, -0.25) is 0 Å². The largest absolute Gasteiger partial charge is 0.492 e. The summed E-state index contributed by atoms with van der Waals surface area (Å²) < 4.78 is 21.5. The van der Waals surface area contributed by atoms with Gasteiger partial charge in [0.05, 0.1) is 24.0 Å². The van der Waals surface area contributed by atoms with Crippen molar-refractivity contribution in [2.24, 2.45) is 0 Å². The number of likely N-dealkylation sites (N-methyl/N-ethyl adjacent to an activating group) is 1. The smallest absolute Gasteiger partial charge is 0.229 e. The second-order valence-electron chi connectivity index (χ2n) is 7.60. The number of nitrogens with one attached hydrogen (secondary N) is 2. The number of β-amino-alcohol motifs (C(OH)–C–C–N with tert-alkyl or cyclic N) is 1. The van der Waals surface area contributed by atoms with Gasteiger partial charge in [0.1, 0.15) is 11.6 Å². The maximum Gasteiger partial charge on any atom is 0.229 e. The highest BCUT2D eigenvalue weighted by molar-refractivity contribution is 5.78. The van der Waals surface area contributed by atoms with E-state index in [0.29, 0.717) is 61.3 Å². The fourth-order valence-corrected chi connectivity index (χ4v) is 3.87. The van der Waals surface area contributed by atoms with Crippen LogP contribution >= 0.6 is 0 Å². The quantitative estimate of drug-likeness (QED) is 0.729. The molecule has 0 radical (unpaired) electrons. The molecule has 0 amide bonds. The normalized spacial score (nSPS) is 19.2. The van der Waals surface area contributed by atoms with Crippen LogP contribution in [0.15, 0.2) is 18.2 Å². The van der Waals surface area contributed by atoms with Crippen molar-refractivity contribution in [3.63, 3.8) is 0 Å². The molecule has 0 saturated heterocycles. The molecule has 0 unspecified atom stereocenters. The lowest BCUT2D eigenvalue weighted by Gasteiger charge is -2.18. The van der Waals surface area contributed by atoms with Crippen LogP contribution in [0.4, 0.5) is 21.8 Å². The molecule has 2 aliphatic heterocycles. The molecule has 0 aliphatic carbocycles. The van der Waals surface area contributed by atoms with E-state index in [4.69, 9.17) is 4.74 Å². The Kier molecular flexibility index (Phi) is 5.38. The van der Waals surface area contributed by atoms with Crippen molar-refractivity contribution in [2.75, 3.05) is 44.4 Å². The fourth-order valence-electron chi connectivity index (χ4n) is 3.87. The number of halogens is 1. The lowest BCUT2D eigenvalue weighted by Crippen LogP contribution is -2.27. The molecule has 154 valence electrons. The Morgan fingerprint density at radius 2 is 2.14 bits per heavy atom. The summed E-state index contributed by atoms with van der Waals surface area (Å²) in [5, 5.41) is 16.4. The van der Waals surface area contributed by atoms with Gasteiger partial charge in [-0.1, -0.05) is 6.08 Å². The molecule has 1 aromatic heterocycles. The lowest BCUT2D eigenvalue weighted by molar-refractivity contribution is 0.139. The molecule has 0 saturated carbocycles. The number of aliphatic hydroxyl groups is 1. The second-order valence-corrected chi connectivity index (χ2v) is 7.60. The Labute approximate surface area is 169 Å². The van der Waals surface area contributed by atoms with E-state index in [1.54, 1.807) is 13.1 Å². The molecule has 0 fully saturated rings. The zero-order chi connectivity index (χ0) is 20.5. The molecule has 2 aromatic rings. The number of aliphatic hydroxyl groups excluding tert-OH is 1. The average Bonchev–Trinajstić information content (AvgIpc) is 3.06. The van der Waals surface area contributed by atoms with E-state index in [0.717, 1.165) is 16.8 Å². The SMILES string of the molecule is CNc1cc(C)nc(Nc2cc3c(c(C4=CCN(C)C[C@@H](O)C4)c2F)OCC3)n1. The van der Waals surface area contributed by atoms with Crippen LogP contribution in [0.5, 0.6) is 5.75 Å². The van der Waals surface area contributed by atoms with Crippen LogP contribution in [0, 0.1) is 12.7 Å². The summed E-state index contributed by atoms with van der Waals surface area (Å²) in [6.45, 7) is 3.57. The summed E-state index contributed by atoms with van der Waals surface area (Å²) >= 11 is 0. The minimum absolute atomic E-state index is 0.310. The van der Waals surface area contributed by atoms with Crippen LogP contribution in [-0.2, 0) is 6.42 Å². The predicted octanol–water partition coefficient (Wildman–Crippen LogP) is 2.72. The van der Waals surface area contributed by atoms with Gasteiger partial charge in [-0.05, 0) is 25.6 Å². The highest BCUT2D eigenvalue weighted by atomic mass is 19.1. The first-order valence-corrected chi connectivity index (χ1v) is 9.79. The van der Waals surface area contributed by atoms with E-state index in [9.17, 15) is 5.11 Å². The number of ether oxygens (including phenoxy) is 1. The van der Waals surface area contributed by atoms with Crippen molar-refractivity contribution >= 4 is 23.0 Å². The lowest BCUT2D eigenvalue weighted by atomic mass is 9.95. The molecule has 1 atom stereocenters. The van der Waals surface area contributed by atoms with Crippen molar-refractivity contribution in [1.29, 1.82) is 0 Å². The average molecular weight is 399 g/mol. The van der Waals surface area contributed by atoms with Crippen LogP contribution < -0.4 is 15.4 Å². The molecular formula is C21H26FN5O2. The van der Waals surface area contributed by atoms with Gasteiger partial charge >= 0.3 is 0 Å². The Hall–Kier alpha value is -2.71. The second kappa shape index (κ2) is 7.96. The van der Waals surface area contributed by atoms with Crippen molar-refractivity contribution < 1.29 is 14.2 Å². The van der Waals surface area contributed by atoms with E-state index in [2.05, 4.69) is 20.6 Å². The third kappa shape index (κ3) is 4.04. The molecule has 4 rings (SSSR count). The van der Waals surface area contributed by atoms with Crippen molar-refractivity contribution in [3.8, 4) is 5.75 Å². The number of hydrogen-bond donors (Lipinski definition) is 3. The van der Waals surface area contributed by atoms with E-state index in [1.165, 1.54) is 0 Å². The van der Waals surface area contributed by atoms with Crippen LogP contribution in [0.3, 0.4) is 0 Å². The van der Waals surface area contributed by atoms with Crippen LogP contribution in [0.25, 0.3) is 5.57 Å². The van der Waals surface area contributed by atoms with Gasteiger partial charge in [0.25, 0.3) is 0 Å². The van der Waals surface area contributed by atoms with E-state index >= 15 is 4.39 Å². The van der Waals surface area contributed by atoms with Gasteiger partial charge in [0.15, 0.2) is 5.82 Å². The number of benzene rings is 1. The van der Waals surface area contributed by atoms with Crippen molar-refractivity contribution in [3.05, 3.63) is 40.8 Å². The van der Waals surface area contributed by atoms with Gasteiger partial charge in [0, 0.05) is 50.3 Å². The highest BCUT2D eigenvalue weighted by Gasteiger charge is 2.28. The number of anilines is 3. The number of rotatable bonds is 4. The Bertz CT molecular complexity index is 963. The molecule has 0 spiro atoms. The van der Waals surface area contributed by atoms with E-state index in [1.807, 2.05) is 31.0 Å². The Morgan fingerprint density at radius 1 is 1.31 bits per heavy atom. The minimum Gasteiger partial charge on any atom is -0.492 e. The Morgan fingerprint density at radius 3 is 2.93 bits per heavy atom. The van der Waals surface area contributed by atoms with Gasteiger partial charge in [-0.2, -0.15) is 4.98 Å². The zero-order valence-corrected chi connectivity index (χ0v) is 16.9. The maximum absolute atomic E-state index is 15.7. The first kappa shape index (κ1) is 19.6. The molecule has 2 aliphatic rings. The molecule has 3 heterocycles. The van der Waals surface area contributed by atoms with Crippen LogP contribution in [0.2, 0.25) is 0 Å². The van der Waals surface area contributed by atoms with Gasteiger partial charge < -0.3 is 25.4 Å². The van der Waals surface area contributed by atoms with Crippen LogP contribution in [-0.4, -0.2) is 59.9 Å². The molecule has 3 N–H and O–H groups in total. The topological polar surface area (TPSA) is 82.5 Å². The molecule has 1 aromatic carbocycles. The number of hydrogen-bond acceptors (Lipinski definition) is 7. The van der Waals surface area contributed by atoms with E-state index < -0.39 is 11.9 Å². The van der Waals surface area contributed by atoms with Gasteiger partial charge in [0.2, 0.25) is 5.95 Å². The molecule has 0 bridgehead atoms. The Balaban J connectivity index is 1.77. The first-order chi connectivity index (χ1) is 13.9. The van der Waals surface area contributed by atoms with Gasteiger partial charge in [-0.25, -0.2) is 9.37 Å². The van der Waals surface area contributed by atoms with Crippen molar-refractivity contribution in [2.45, 2.75) is 25.9 Å². The standard InChI is InChI=1S/C21H26FN5O2/c1-12-8-17(23-2)26-21(24-12)25-16-10-14-5-7-29-20(14)18(19(16)22)13-4-6-27(3)11-15(28)9-13/h4,8,10,15,28H,5-7,9,11H2,1-3H3,(H2,23,24,25,26)/t15-/m0/s1. The summed E-state index contributed by atoms with van der Waals surface area (Å²) in [5.41, 5.74) is 3.22. The number of fused-ring (bicyclic) bond motifs is 1. The third-order valence-electron chi connectivity index (χ3n) is 5.22. The maximum atomic E-state index is 15.7. The molecular weight excluding hydrogens is 373 g/mol. The highest BCUT2D eigenvalue weighted by Crippen LogP contribution is 2.42. The monoisotopic (exact) mass is 399 g/mol. The molecule has 8 heteroatoms. The van der Waals surface area contributed by atoms with E-state index in [-0.39, 0.29) is 0 Å². The molecule has 7 nitrogen and oxygen atoms in total. The predicted molar refractivity (Wildman–Crippen MR) is 111 cm³/mol. The first-order valence-electron chi connectivity index (χ1n) is 9.79. The molecule has 29 heavy (non-hydrogen) atoms. The van der Waals surface area contributed by atoms with Crippen LogP contribution in [0.1, 0.15) is 23.2 Å². The van der Waals surface area contributed by atoms with Crippen molar-refractivity contribution in [1.82, 2.24) is 14.9 Å².